The van der Waals surface area contributed by atoms with Gasteiger partial charge >= 0.3 is 5.97 Å². The van der Waals surface area contributed by atoms with Crippen LogP contribution in [0, 0.1) is 0 Å². The molecule has 0 aromatic carbocycles. The van der Waals surface area contributed by atoms with Gasteiger partial charge in [0.15, 0.2) is 0 Å². The number of hydrogen-bond donors (Lipinski definition) is 3. The lowest BCUT2D eigenvalue weighted by atomic mass is 10.0. The minimum atomic E-state index is -0.790. The third-order valence-electron chi connectivity index (χ3n) is 14.2. The highest BCUT2D eigenvalue weighted by Gasteiger charge is 2.24. The number of hydrogen-bond acceptors (Lipinski definition) is 5. The fourth-order valence-electron chi connectivity index (χ4n) is 9.52. The van der Waals surface area contributed by atoms with Crippen LogP contribution in [0.15, 0.2) is 36.5 Å². The molecule has 0 aliphatic rings. The maximum atomic E-state index is 13.3. The number of unbranched alkanes of at least 4 members (excludes halogenated alkanes) is 38. The second-order valence-corrected chi connectivity index (χ2v) is 21.1. The lowest BCUT2D eigenvalue weighted by Crippen LogP contribution is -2.46. The molecule has 69 heavy (non-hydrogen) atoms. The highest BCUT2D eigenvalue weighted by atomic mass is 16.5. The van der Waals surface area contributed by atoms with E-state index >= 15 is 0 Å². The number of aliphatic hydroxyl groups excluding tert-OH is 2. The first kappa shape index (κ1) is 67.1. The Kier molecular flexibility index (Phi) is 55.4. The van der Waals surface area contributed by atoms with Crippen molar-refractivity contribution < 1.29 is 24.5 Å². The lowest BCUT2D eigenvalue weighted by molar-refractivity contribution is -0.151. The quantitative estimate of drug-likeness (QED) is 0.0321. The van der Waals surface area contributed by atoms with E-state index < -0.39 is 18.2 Å². The van der Waals surface area contributed by atoms with Gasteiger partial charge in [0.05, 0.1) is 25.2 Å². The number of allylic oxidation sites excluding steroid dienone is 6. The monoisotopic (exact) mass is 970 g/mol. The molecule has 3 N–H and O–H groups in total. The molecule has 0 bridgehead atoms. The fraction of sp³-hybridized carbons (Fsp3) is 0.873. The van der Waals surface area contributed by atoms with Crippen LogP contribution in [0.5, 0.6) is 0 Å². The van der Waals surface area contributed by atoms with Crippen molar-refractivity contribution in [2.24, 2.45) is 0 Å². The zero-order chi connectivity index (χ0) is 50.2. The summed E-state index contributed by atoms with van der Waals surface area (Å²) in [4.78, 5) is 26.3. The molecule has 0 saturated heterocycles. The average molecular weight is 971 g/mol. The van der Waals surface area contributed by atoms with E-state index in [1.54, 1.807) is 0 Å². The van der Waals surface area contributed by atoms with Gasteiger partial charge in [0.1, 0.15) is 6.10 Å². The molecule has 3 unspecified atom stereocenters. The Morgan fingerprint density at radius 2 is 0.739 bits per heavy atom. The smallest absolute Gasteiger partial charge is 0.306 e. The summed E-state index contributed by atoms with van der Waals surface area (Å²) in [5, 5.41) is 24.0. The molecule has 0 aromatic rings. The molecule has 406 valence electrons. The third-order valence-corrected chi connectivity index (χ3v) is 14.2. The molecule has 0 radical (unpaired) electrons. The Labute approximate surface area is 430 Å². The molecule has 0 rings (SSSR count). The number of aliphatic hydroxyl groups is 2. The molecule has 0 heterocycles. The van der Waals surface area contributed by atoms with Gasteiger partial charge in [-0.3, -0.25) is 9.59 Å². The van der Waals surface area contributed by atoms with Crippen molar-refractivity contribution in [2.75, 3.05) is 6.61 Å². The van der Waals surface area contributed by atoms with Crippen LogP contribution >= 0.6 is 0 Å². The van der Waals surface area contributed by atoms with Crippen molar-refractivity contribution in [3.05, 3.63) is 36.5 Å². The first-order valence-electron chi connectivity index (χ1n) is 30.7. The predicted octanol–water partition coefficient (Wildman–Crippen LogP) is 19.2. The number of nitrogens with one attached hydrogen (secondary N) is 1. The van der Waals surface area contributed by atoms with Crippen LogP contribution in [-0.2, 0) is 14.3 Å². The van der Waals surface area contributed by atoms with Crippen LogP contribution in [0.4, 0.5) is 0 Å². The number of ether oxygens (including phenoxy) is 1. The van der Waals surface area contributed by atoms with Crippen LogP contribution in [0.2, 0.25) is 0 Å². The zero-order valence-corrected chi connectivity index (χ0v) is 46.5. The fourth-order valence-corrected chi connectivity index (χ4v) is 9.52. The van der Waals surface area contributed by atoms with Gasteiger partial charge in [-0.1, -0.05) is 269 Å². The molecule has 3 atom stereocenters. The SMILES string of the molecule is CCCCC/C=C\C/C=C\CCCCCCCCCC(=O)OC(CCCCCCCCC/C=C/CCCCCCCC)CC(=O)NC(CO)C(O)CCCCCCCCCCCCCCCCCC. The van der Waals surface area contributed by atoms with Gasteiger partial charge in [0, 0.05) is 6.42 Å². The molecule has 0 aromatic heterocycles. The molecule has 0 fully saturated rings. The maximum absolute atomic E-state index is 13.3. The van der Waals surface area contributed by atoms with Crippen molar-refractivity contribution >= 4 is 11.9 Å². The second-order valence-electron chi connectivity index (χ2n) is 21.1. The van der Waals surface area contributed by atoms with Gasteiger partial charge in [-0.05, 0) is 83.5 Å². The molecule has 1 amide bonds. The van der Waals surface area contributed by atoms with Gasteiger partial charge in [-0.15, -0.1) is 0 Å². The first-order valence-corrected chi connectivity index (χ1v) is 30.7. The molecular weight excluding hydrogens is 851 g/mol. The van der Waals surface area contributed by atoms with Crippen LogP contribution in [0.1, 0.15) is 329 Å². The van der Waals surface area contributed by atoms with Crippen molar-refractivity contribution in [2.45, 2.75) is 347 Å². The summed E-state index contributed by atoms with van der Waals surface area (Å²) in [6.45, 7) is 6.50. The zero-order valence-electron chi connectivity index (χ0n) is 46.5. The topological polar surface area (TPSA) is 95.9 Å². The summed E-state index contributed by atoms with van der Waals surface area (Å²) in [5.41, 5.74) is 0. The standard InChI is InChI=1S/C63H119NO5/c1-4-7-10-13-16-19-22-25-28-31-33-36-39-42-45-48-51-54-59(69-63(68)56-53-50-47-44-41-38-35-32-29-26-23-20-17-14-11-8-5-2)57-62(67)64-60(58-65)61(66)55-52-49-46-43-40-37-34-30-27-24-21-18-15-12-9-6-3/h17,20,25-26,28-29,59-61,65-66H,4-16,18-19,21-24,27,30-58H2,1-3H3,(H,64,67)/b20-17-,28-25+,29-26-. The van der Waals surface area contributed by atoms with Gasteiger partial charge in [-0.25, -0.2) is 0 Å². The third kappa shape index (κ3) is 52.2. The minimum Gasteiger partial charge on any atom is -0.462 e. The minimum absolute atomic E-state index is 0.0747. The van der Waals surface area contributed by atoms with E-state index in [9.17, 15) is 19.8 Å². The summed E-state index contributed by atoms with van der Waals surface area (Å²) < 4.78 is 5.98. The van der Waals surface area contributed by atoms with Crippen LogP contribution < -0.4 is 5.32 Å². The molecule has 0 spiro atoms. The summed E-state index contributed by atoms with van der Waals surface area (Å²) in [5.74, 6) is -0.470. The van der Waals surface area contributed by atoms with E-state index in [1.165, 1.54) is 218 Å². The van der Waals surface area contributed by atoms with Crippen molar-refractivity contribution in [1.29, 1.82) is 0 Å². The highest BCUT2D eigenvalue weighted by Crippen LogP contribution is 2.19. The summed E-state index contributed by atoms with van der Waals surface area (Å²) in [6, 6.07) is -0.704. The maximum Gasteiger partial charge on any atom is 0.306 e. The number of amides is 1. The largest absolute Gasteiger partial charge is 0.462 e. The lowest BCUT2D eigenvalue weighted by Gasteiger charge is -2.24. The van der Waals surface area contributed by atoms with Crippen LogP contribution in [0.3, 0.4) is 0 Å². The molecule has 0 saturated carbocycles. The van der Waals surface area contributed by atoms with Gasteiger partial charge in [-0.2, -0.15) is 0 Å². The Morgan fingerprint density at radius 1 is 0.420 bits per heavy atom. The molecular formula is C63H119NO5. The summed E-state index contributed by atoms with van der Waals surface area (Å²) in [7, 11) is 0. The van der Waals surface area contributed by atoms with Gasteiger partial charge in [0.25, 0.3) is 0 Å². The van der Waals surface area contributed by atoms with Gasteiger partial charge in [0.2, 0.25) is 5.91 Å². The van der Waals surface area contributed by atoms with Crippen LogP contribution in [0.25, 0.3) is 0 Å². The van der Waals surface area contributed by atoms with Crippen molar-refractivity contribution in [3.8, 4) is 0 Å². The number of esters is 1. The van der Waals surface area contributed by atoms with E-state index in [2.05, 4.69) is 62.5 Å². The summed E-state index contributed by atoms with van der Waals surface area (Å²) >= 11 is 0. The Balaban J connectivity index is 4.54. The van der Waals surface area contributed by atoms with E-state index in [1.807, 2.05) is 0 Å². The Hall–Kier alpha value is -1.92. The van der Waals surface area contributed by atoms with Crippen molar-refractivity contribution in [3.63, 3.8) is 0 Å². The van der Waals surface area contributed by atoms with E-state index in [-0.39, 0.29) is 24.9 Å². The van der Waals surface area contributed by atoms with Gasteiger partial charge < -0.3 is 20.3 Å². The second kappa shape index (κ2) is 57.0. The van der Waals surface area contributed by atoms with Crippen molar-refractivity contribution in [1.82, 2.24) is 5.32 Å². The highest BCUT2D eigenvalue weighted by molar-refractivity contribution is 5.77. The van der Waals surface area contributed by atoms with Crippen LogP contribution in [-0.4, -0.2) is 46.9 Å². The molecule has 0 aliphatic heterocycles. The number of carbonyl (C=O) groups excluding carboxylic acids is 2. The number of carbonyl (C=O) groups is 2. The first-order chi connectivity index (χ1) is 34.0. The Morgan fingerprint density at radius 3 is 1.14 bits per heavy atom. The summed E-state index contributed by atoms with van der Waals surface area (Å²) in [6.07, 6.45) is 69.2. The number of rotatable bonds is 56. The van der Waals surface area contributed by atoms with E-state index in [4.69, 9.17) is 4.74 Å². The Bertz CT molecular complexity index is 1130. The van der Waals surface area contributed by atoms with E-state index in [0.717, 1.165) is 64.2 Å². The predicted molar refractivity (Wildman–Crippen MR) is 301 cm³/mol. The van der Waals surface area contributed by atoms with E-state index in [0.29, 0.717) is 19.3 Å². The average Bonchev–Trinajstić information content (AvgIpc) is 3.34. The normalized spacial score (nSPS) is 13.3. The molecule has 0 aliphatic carbocycles. The molecule has 6 nitrogen and oxygen atoms in total. The molecule has 6 heteroatoms.